The molecule has 1 amide bonds. The number of aliphatic carboxylic acids is 1. The van der Waals surface area contributed by atoms with E-state index in [1.54, 1.807) is 6.07 Å². The lowest BCUT2D eigenvalue weighted by molar-refractivity contribution is -0.148. The van der Waals surface area contributed by atoms with Crippen LogP contribution >= 0.6 is 23.2 Å². The number of hydrogen-bond acceptors (Lipinski definition) is 2. The van der Waals surface area contributed by atoms with Crippen molar-refractivity contribution in [1.29, 1.82) is 0 Å². The Labute approximate surface area is 133 Å². The topological polar surface area (TPSA) is 66.4 Å². The van der Waals surface area contributed by atoms with Gasteiger partial charge in [-0.1, -0.05) is 42.1 Å². The van der Waals surface area contributed by atoms with Crippen LogP contribution < -0.4 is 5.32 Å². The van der Waals surface area contributed by atoms with Crippen molar-refractivity contribution in [3.63, 3.8) is 0 Å². The second kappa shape index (κ2) is 6.24. The number of benzene rings is 1. The minimum absolute atomic E-state index is 0.105. The summed E-state index contributed by atoms with van der Waals surface area (Å²) in [6, 6.07) is 4.58. The van der Waals surface area contributed by atoms with Crippen LogP contribution in [0, 0.1) is 5.92 Å². The Morgan fingerprint density at radius 1 is 1.24 bits per heavy atom. The monoisotopic (exact) mass is 329 g/mol. The summed E-state index contributed by atoms with van der Waals surface area (Å²) in [6.45, 7) is 1.46. The highest BCUT2D eigenvalue weighted by Crippen LogP contribution is 2.31. The van der Waals surface area contributed by atoms with Crippen LogP contribution in [0.15, 0.2) is 18.2 Å². The molecule has 0 heterocycles. The van der Waals surface area contributed by atoms with Crippen molar-refractivity contribution in [2.75, 3.05) is 0 Å². The number of rotatable bonds is 4. The average Bonchev–Trinajstić information content (AvgIpc) is 2.95. The standard InChI is InChI=1S/C15H17Cl2NO3/c1-15(14(20)21,10-6-7-11(16)12(17)8-10)18-13(19)9-4-2-3-5-9/h6-9H,2-5H2,1H3,(H,18,19)(H,20,21). The molecular weight excluding hydrogens is 313 g/mol. The number of carboxylic acid groups (broad SMARTS) is 1. The van der Waals surface area contributed by atoms with E-state index in [9.17, 15) is 14.7 Å². The Morgan fingerprint density at radius 3 is 2.38 bits per heavy atom. The SMILES string of the molecule is CC(NC(=O)C1CCCC1)(C(=O)O)c1ccc(Cl)c(Cl)c1. The zero-order valence-corrected chi connectivity index (χ0v) is 13.2. The first-order valence-electron chi connectivity index (χ1n) is 6.85. The van der Waals surface area contributed by atoms with Crippen LogP contribution in [-0.2, 0) is 15.1 Å². The van der Waals surface area contributed by atoms with Crippen LogP contribution in [-0.4, -0.2) is 17.0 Å². The normalized spacial score (nSPS) is 18.2. The van der Waals surface area contributed by atoms with Crippen molar-refractivity contribution in [2.24, 2.45) is 5.92 Å². The van der Waals surface area contributed by atoms with Gasteiger partial charge in [-0.2, -0.15) is 0 Å². The number of amides is 1. The fraction of sp³-hybridized carbons (Fsp3) is 0.467. The third kappa shape index (κ3) is 3.33. The van der Waals surface area contributed by atoms with Gasteiger partial charge in [-0.15, -0.1) is 0 Å². The first-order valence-corrected chi connectivity index (χ1v) is 7.61. The number of carbonyl (C=O) groups is 2. The molecule has 6 heteroatoms. The maximum Gasteiger partial charge on any atom is 0.333 e. The highest BCUT2D eigenvalue weighted by Gasteiger charge is 2.39. The summed E-state index contributed by atoms with van der Waals surface area (Å²) in [7, 11) is 0. The molecular formula is C15H17Cl2NO3. The zero-order valence-electron chi connectivity index (χ0n) is 11.7. The van der Waals surface area contributed by atoms with Gasteiger partial charge in [0.25, 0.3) is 0 Å². The van der Waals surface area contributed by atoms with Crippen molar-refractivity contribution in [2.45, 2.75) is 38.1 Å². The van der Waals surface area contributed by atoms with E-state index in [0.717, 1.165) is 25.7 Å². The van der Waals surface area contributed by atoms with Gasteiger partial charge in [-0.25, -0.2) is 4.79 Å². The highest BCUT2D eigenvalue weighted by atomic mass is 35.5. The summed E-state index contributed by atoms with van der Waals surface area (Å²) in [5.41, 5.74) is -1.12. The molecule has 2 N–H and O–H groups in total. The van der Waals surface area contributed by atoms with Crippen LogP contribution in [0.25, 0.3) is 0 Å². The second-order valence-corrected chi connectivity index (χ2v) is 6.34. The van der Waals surface area contributed by atoms with E-state index in [1.165, 1.54) is 19.1 Å². The molecule has 1 aromatic rings. The molecule has 1 aliphatic carbocycles. The van der Waals surface area contributed by atoms with Gasteiger partial charge in [0.15, 0.2) is 5.54 Å². The van der Waals surface area contributed by atoms with Crippen molar-refractivity contribution in [3.05, 3.63) is 33.8 Å². The molecule has 1 unspecified atom stereocenters. The smallest absolute Gasteiger partial charge is 0.333 e. The van der Waals surface area contributed by atoms with E-state index in [-0.39, 0.29) is 16.8 Å². The number of hydrogen-bond donors (Lipinski definition) is 2. The van der Waals surface area contributed by atoms with E-state index in [4.69, 9.17) is 23.2 Å². The van der Waals surface area contributed by atoms with E-state index in [0.29, 0.717) is 10.6 Å². The largest absolute Gasteiger partial charge is 0.479 e. The van der Waals surface area contributed by atoms with E-state index >= 15 is 0 Å². The lowest BCUT2D eigenvalue weighted by Crippen LogP contribution is -2.51. The van der Waals surface area contributed by atoms with Crippen molar-refractivity contribution >= 4 is 35.1 Å². The first kappa shape index (κ1) is 16.1. The third-order valence-electron chi connectivity index (χ3n) is 4.02. The Bertz CT molecular complexity index is 570. The molecule has 114 valence electrons. The Hall–Kier alpha value is -1.26. The summed E-state index contributed by atoms with van der Waals surface area (Å²) in [5, 5.41) is 12.8. The van der Waals surface area contributed by atoms with E-state index < -0.39 is 11.5 Å². The highest BCUT2D eigenvalue weighted by molar-refractivity contribution is 6.42. The number of carboxylic acids is 1. The zero-order chi connectivity index (χ0) is 15.6. The van der Waals surface area contributed by atoms with Gasteiger partial charge >= 0.3 is 5.97 Å². The summed E-state index contributed by atoms with van der Waals surface area (Å²) in [5.74, 6) is -1.46. The lowest BCUT2D eigenvalue weighted by Gasteiger charge is -2.28. The number of halogens is 2. The van der Waals surface area contributed by atoms with Gasteiger partial charge in [-0.05, 0) is 37.5 Å². The minimum Gasteiger partial charge on any atom is -0.479 e. The average molecular weight is 330 g/mol. The fourth-order valence-corrected chi connectivity index (χ4v) is 2.89. The fourth-order valence-electron chi connectivity index (χ4n) is 2.59. The first-order chi connectivity index (χ1) is 9.84. The Kier molecular flexibility index (Phi) is 4.79. The summed E-state index contributed by atoms with van der Waals surface area (Å²) in [4.78, 5) is 23.9. The maximum atomic E-state index is 12.3. The van der Waals surface area contributed by atoms with Crippen molar-refractivity contribution < 1.29 is 14.7 Å². The molecule has 0 aliphatic heterocycles. The molecule has 1 saturated carbocycles. The molecule has 1 atom stereocenters. The van der Waals surface area contributed by atoms with Gasteiger partial charge in [0, 0.05) is 5.92 Å². The summed E-state index contributed by atoms with van der Waals surface area (Å²) < 4.78 is 0. The van der Waals surface area contributed by atoms with Crippen LogP contribution in [0.2, 0.25) is 10.0 Å². The minimum atomic E-state index is -1.52. The molecule has 0 aromatic heterocycles. The summed E-state index contributed by atoms with van der Waals surface area (Å²) in [6.07, 6.45) is 3.63. The van der Waals surface area contributed by atoms with Crippen molar-refractivity contribution in [1.82, 2.24) is 5.32 Å². The molecule has 0 spiro atoms. The van der Waals surface area contributed by atoms with Crippen LogP contribution in [0.4, 0.5) is 0 Å². The van der Waals surface area contributed by atoms with Crippen LogP contribution in [0.5, 0.6) is 0 Å². The van der Waals surface area contributed by atoms with Gasteiger partial charge in [0.05, 0.1) is 10.0 Å². The summed E-state index contributed by atoms with van der Waals surface area (Å²) >= 11 is 11.8. The predicted octanol–water partition coefficient (Wildman–Crippen LogP) is 3.60. The quantitative estimate of drug-likeness (QED) is 0.886. The Balaban J connectivity index is 2.28. The van der Waals surface area contributed by atoms with Gasteiger partial charge < -0.3 is 10.4 Å². The number of nitrogens with one attached hydrogen (secondary N) is 1. The Morgan fingerprint density at radius 2 is 1.86 bits per heavy atom. The maximum absolute atomic E-state index is 12.3. The molecule has 1 aromatic carbocycles. The second-order valence-electron chi connectivity index (χ2n) is 5.53. The predicted molar refractivity (Wildman–Crippen MR) is 81.6 cm³/mol. The molecule has 21 heavy (non-hydrogen) atoms. The van der Waals surface area contributed by atoms with Gasteiger partial charge in [0.2, 0.25) is 5.91 Å². The molecule has 1 aliphatic rings. The molecule has 0 saturated heterocycles. The van der Waals surface area contributed by atoms with E-state index in [2.05, 4.69) is 5.32 Å². The number of carbonyl (C=O) groups excluding carboxylic acids is 1. The van der Waals surface area contributed by atoms with Crippen LogP contribution in [0.1, 0.15) is 38.2 Å². The molecule has 0 bridgehead atoms. The van der Waals surface area contributed by atoms with Gasteiger partial charge in [-0.3, -0.25) is 4.79 Å². The molecule has 4 nitrogen and oxygen atoms in total. The van der Waals surface area contributed by atoms with E-state index in [1.807, 2.05) is 0 Å². The lowest BCUT2D eigenvalue weighted by atomic mass is 9.91. The van der Waals surface area contributed by atoms with Gasteiger partial charge in [0.1, 0.15) is 0 Å². The third-order valence-corrected chi connectivity index (χ3v) is 4.76. The van der Waals surface area contributed by atoms with Crippen molar-refractivity contribution in [3.8, 4) is 0 Å². The molecule has 0 radical (unpaired) electrons. The van der Waals surface area contributed by atoms with Crippen LogP contribution in [0.3, 0.4) is 0 Å². The molecule has 1 fully saturated rings. The molecule has 2 rings (SSSR count).